The lowest BCUT2D eigenvalue weighted by Crippen LogP contribution is -2.55. The Morgan fingerprint density at radius 1 is 1.12 bits per heavy atom. The SMILES string of the molecule is CCC(C)C1NC(=O)C(=O)[C@H](C)NC(=O)[C@@H](NC(=O)/C=C/CCC(C)C)CCCNC1=O. The Morgan fingerprint density at radius 2 is 1.81 bits per heavy atom. The number of rotatable bonds is 7. The highest BCUT2D eigenvalue weighted by Crippen LogP contribution is 2.09. The van der Waals surface area contributed by atoms with Gasteiger partial charge in [0.05, 0.1) is 6.04 Å². The van der Waals surface area contributed by atoms with E-state index in [9.17, 15) is 24.0 Å². The van der Waals surface area contributed by atoms with Gasteiger partial charge in [-0.05, 0) is 50.5 Å². The highest BCUT2D eigenvalue weighted by molar-refractivity contribution is 6.38. The number of ketones is 1. The first-order valence-corrected chi connectivity index (χ1v) is 11.5. The topological polar surface area (TPSA) is 133 Å². The minimum Gasteiger partial charge on any atom is -0.354 e. The minimum atomic E-state index is -1.09. The molecule has 4 amide bonds. The van der Waals surface area contributed by atoms with Crippen LogP contribution in [0.25, 0.3) is 0 Å². The monoisotopic (exact) mass is 450 g/mol. The molecule has 0 bridgehead atoms. The quantitative estimate of drug-likeness (QED) is 0.339. The maximum absolute atomic E-state index is 12.7. The van der Waals surface area contributed by atoms with E-state index >= 15 is 0 Å². The lowest BCUT2D eigenvalue weighted by atomic mass is 9.97. The van der Waals surface area contributed by atoms with E-state index in [1.54, 1.807) is 6.08 Å². The summed E-state index contributed by atoms with van der Waals surface area (Å²) < 4.78 is 0. The molecule has 0 aromatic rings. The molecule has 1 aliphatic rings. The van der Waals surface area contributed by atoms with Crippen molar-refractivity contribution in [3.05, 3.63) is 12.2 Å². The van der Waals surface area contributed by atoms with E-state index in [-0.39, 0.29) is 24.8 Å². The largest absolute Gasteiger partial charge is 0.354 e. The first-order chi connectivity index (χ1) is 15.1. The van der Waals surface area contributed by atoms with E-state index in [2.05, 4.69) is 35.1 Å². The van der Waals surface area contributed by atoms with Gasteiger partial charge in [0.25, 0.3) is 5.91 Å². The molecule has 180 valence electrons. The van der Waals surface area contributed by atoms with Gasteiger partial charge in [-0.2, -0.15) is 0 Å². The summed E-state index contributed by atoms with van der Waals surface area (Å²) in [5.74, 6) is -2.75. The van der Waals surface area contributed by atoms with Crippen LogP contribution in [0.2, 0.25) is 0 Å². The van der Waals surface area contributed by atoms with Gasteiger partial charge in [-0.1, -0.05) is 40.2 Å². The summed E-state index contributed by atoms with van der Waals surface area (Å²) >= 11 is 0. The molecule has 2 unspecified atom stereocenters. The van der Waals surface area contributed by atoms with Crippen molar-refractivity contribution in [3.63, 3.8) is 0 Å². The molecule has 0 spiro atoms. The summed E-state index contributed by atoms with van der Waals surface area (Å²) in [4.78, 5) is 62.4. The molecule has 32 heavy (non-hydrogen) atoms. The number of carbonyl (C=O) groups is 5. The Labute approximate surface area is 190 Å². The van der Waals surface area contributed by atoms with Crippen LogP contribution in [0, 0.1) is 11.8 Å². The van der Waals surface area contributed by atoms with Gasteiger partial charge in [-0.15, -0.1) is 0 Å². The molecule has 4 atom stereocenters. The molecular formula is C23H38N4O5. The van der Waals surface area contributed by atoms with E-state index < -0.39 is 41.6 Å². The van der Waals surface area contributed by atoms with Crippen LogP contribution < -0.4 is 21.3 Å². The predicted octanol–water partition coefficient (Wildman–Crippen LogP) is 0.978. The van der Waals surface area contributed by atoms with Crippen LogP contribution in [0.4, 0.5) is 0 Å². The van der Waals surface area contributed by atoms with E-state index in [1.165, 1.54) is 13.0 Å². The maximum atomic E-state index is 12.7. The zero-order valence-corrected chi connectivity index (χ0v) is 19.8. The van der Waals surface area contributed by atoms with Gasteiger partial charge in [0.2, 0.25) is 23.5 Å². The zero-order valence-electron chi connectivity index (χ0n) is 19.8. The summed E-state index contributed by atoms with van der Waals surface area (Å²) in [6.07, 6.45) is 6.21. The molecule has 1 aliphatic heterocycles. The van der Waals surface area contributed by atoms with Gasteiger partial charge in [-0.25, -0.2) is 0 Å². The lowest BCUT2D eigenvalue weighted by molar-refractivity contribution is -0.141. The Morgan fingerprint density at radius 3 is 2.44 bits per heavy atom. The Kier molecular flexibility index (Phi) is 11.7. The number of allylic oxidation sites excluding steroid dienone is 1. The van der Waals surface area contributed by atoms with E-state index in [0.717, 1.165) is 12.8 Å². The summed E-state index contributed by atoms with van der Waals surface area (Å²) in [5, 5.41) is 10.4. The van der Waals surface area contributed by atoms with Crippen LogP contribution in [0.3, 0.4) is 0 Å². The molecule has 9 nitrogen and oxygen atoms in total. The molecule has 0 aliphatic carbocycles. The van der Waals surface area contributed by atoms with E-state index in [1.807, 2.05) is 13.8 Å². The number of amides is 4. The number of Topliss-reactive ketones (excluding diaryl/α,β-unsaturated/α-hetero) is 1. The molecule has 0 aromatic carbocycles. The molecule has 1 rings (SSSR count). The maximum Gasteiger partial charge on any atom is 0.290 e. The fourth-order valence-corrected chi connectivity index (χ4v) is 3.23. The number of carbonyl (C=O) groups excluding carboxylic acids is 5. The summed E-state index contributed by atoms with van der Waals surface area (Å²) in [5.41, 5.74) is 0. The Balaban J connectivity index is 2.92. The van der Waals surface area contributed by atoms with Gasteiger partial charge in [0.15, 0.2) is 0 Å². The third kappa shape index (κ3) is 9.20. The smallest absolute Gasteiger partial charge is 0.290 e. The van der Waals surface area contributed by atoms with Crippen LogP contribution in [0.5, 0.6) is 0 Å². The molecule has 4 N–H and O–H groups in total. The third-order valence-electron chi connectivity index (χ3n) is 5.54. The Bertz CT molecular complexity index is 719. The lowest BCUT2D eigenvalue weighted by Gasteiger charge is -2.23. The fraction of sp³-hybridized carbons (Fsp3) is 0.696. The van der Waals surface area contributed by atoms with Crippen molar-refractivity contribution in [1.29, 1.82) is 0 Å². The van der Waals surface area contributed by atoms with Crippen molar-refractivity contribution >= 4 is 29.4 Å². The standard InChI is InChI=1S/C23H38N4O5/c1-6-15(4)19-22(31)24-13-9-11-17(26-18(28)12-8-7-10-14(2)3)21(30)25-16(5)20(29)23(32)27-19/h8,12,14-17,19H,6-7,9-11,13H2,1-5H3,(H,24,31)(H,25,30)(H,26,28)(H,27,32)/b12-8+/t15?,16-,17-,19?/m0/s1. The van der Waals surface area contributed by atoms with Crippen molar-refractivity contribution < 1.29 is 24.0 Å². The second-order valence-corrected chi connectivity index (χ2v) is 8.80. The number of hydrogen-bond acceptors (Lipinski definition) is 5. The number of hydrogen-bond donors (Lipinski definition) is 4. The van der Waals surface area contributed by atoms with Crippen LogP contribution >= 0.6 is 0 Å². The normalized spacial score (nSPS) is 24.6. The van der Waals surface area contributed by atoms with Crippen LogP contribution in [0.15, 0.2) is 12.2 Å². The summed E-state index contributed by atoms with van der Waals surface area (Å²) in [7, 11) is 0. The average Bonchev–Trinajstić information content (AvgIpc) is 2.75. The zero-order chi connectivity index (χ0) is 24.3. The average molecular weight is 451 g/mol. The van der Waals surface area contributed by atoms with Crippen LogP contribution in [-0.4, -0.2) is 54.1 Å². The highest BCUT2D eigenvalue weighted by atomic mass is 16.2. The summed E-state index contributed by atoms with van der Waals surface area (Å²) in [6, 6.07) is -2.82. The first kappa shape index (κ1) is 27.3. The van der Waals surface area contributed by atoms with E-state index in [4.69, 9.17) is 0 Å². The Hall–Kier alpha value is -2.71. The van der Waals surface area contributed by atoms with Gasteiger partial charge >= 0.3 is 0 Å². The van der Waals surface area contributed by atoms with Gasteiger partial charge in [-0.3, -0.25) is 24.0 Å². The molecular weight excluding hydrogens is 412 g/mol. The third-order valence-corrected chi connectivity index (χ3v) is 5.54. The first-order valence-electron chi connectivity index (χ1n) is 11.5. The highest BCUT2D eigenvalue weighted by Gasteiger charge is 2.32. The molecule has 0 aromatic heterocycles. The molecule has 1 heterocycles. The van der Waals surface area contributed by atoms with E-state index in [0.29, 0.717) is 18.8 Å². The second-order valence-electron chi connectivity index (χ2n) is 8.80. The van der Waals surface area contributed by atoms with Crippen molar-refractivity contribution in [2.45, 2.75) is 84.8 Å². The molecule has 1 saturated heterocycles. The molecule has 0 radical (unpaired) electrons. The minimum absolute atomic E-state index is 0.170. The van der Waals surface area contributed by atoms with Crippen molar-refractivity contribution in [2.24, 2.45) is 11.8 Å². The summed E-state index contributed by atoms with van der Waals surface area (Å²) in [6.45, 7) is 9.58. The van der Waals surface area contributed by atoms with Crippen molar-refractivity contribution in [2.75, 3.05) is 6.54 Å². The van der Waals surface area contributed by atoms with Gasteiger partial charge < -0.3 is 21.3 Å². The molecule has 9 heteroatoms. The number of nitrogens with one attached hydrogen (secondary N) is 4. The van der Waals surface area contributed by atoms with Crippen molar-refractivity contribution in [1.82, 2.24) is 21.3 Å². The van der Waals surface area contributed by atoms with Gasteiger partial charge in [0.1, 0.15) is 12.1 Å². The van der Waals surface area contributed by atoms with Crippen LogP contribution in [-0.2, 0) is 24.0 Å². The second kappa shape index (κ2) is 13.6. The van der Waals surface area contributed by atoms with Gasteiger partial charge in [0, 0.05) is 6.54 Å². The fourth-order valence-electron chi connectivity index (χ4n) is 3.23. The molecule has 0 saturated carbocycles. The predicted molar refractivity (Wildman–Crippen MR) is 121 cm³/mol. The van der Waals surface area contributed by atoms with Crippen LogP contribution in [0.1, 0.15) is 66.7 Å². The molecule has 1 fully saturated rings. The van der Waals surface area contributed by atoms with Crippen molar-refractivity contribution in [3.8, 4) is 0 Å².